The van der Waals surface area contributed by atoms with Gasteiger partial charge in [0, 0.05) is 18.2 Å². The average molecular weight is 360 g/mol. The molecule has 0 N–H and O–H groups in total. The van der Waals surface area contributed by atoms with E-state index in [-0.39, 0.29) is 12.0 Å². The normalized spacial score (nSPS) is 17.3. The highest BCUT2D eigenvalue weighted by Gasteiger charge is 2.28. The standard InChI is InChI=1S/C23H24N2O2/c1-3-27-23(26)16-18(2)25-22(20-12-8-5-9-13-20)17-21(24-25)15-14-19-10-6-4-7-11-19/h4-16,22H,3,17H2,1-2H3/b15-14+,18-16+/t22-/m0/s1. The highest BCUT2D eigenvalue weighted by molar-refractivity contribution is 5.99. The predicted octanol–water partition coefficient (Wildman–Crippen LogP) is 4.97. The van der Waals surface area contributed by atoms with E-state index in [1.165, 1.54) is 11.6 Å². The van der Waals surface area contributed by atoms with Gasteiger partial charge in [-0.05, 0) is 31.1 Å². The zero-order valence-corrected chi connectivity index (χ0v) is 15.7. The first kappa shape index (κ1) is 18.6. The maximum atomic E-state index is 11.9. The molecule has 2 aromatic rings. The number of hydrazone groups is 1. The minimum Gasteiger partial charge on any atom is -0.463 e. The summed E-state index contributed by atoms with van der Waals surface area (Å²) in [6.07, 6.45) is 6.39. The first-order valence-electron chi connectivity index (χ1n) is 9.17. The summed E-state index contributed by atoms with van der Waals surface area (Å²) in [7, 11) is 0. The molecule has 0 radical (unpaired) electrons. The lowest BCUT2D eigenvalue weighted by Gasteiger charge is -2.24. The van der Waals surface area contributed by atoms with Gasteiger partial charge in [-0.15, -0.1) is 0 Å². The van der Waals surface area contributed by atoms with Gasteiger partial charge in [0.25, 0.3) is 0 Å². The molecule has 4 heteroatoms. The molecule has 27 heavy (non-hydrogen) atoms. The number of carbonyl (C=O) groups is 1. The summed E-state index contributed by atoms with van der Waals surface area (Å²) < 4.78 is 5.04. The largest absolute Gasteiger partial charge is 0.463 e. The lowest BCUT2D eigenvalue weighted by molar-refractivity contribution is -0.137. The summed E-state index contributed by atoms with van der Waals surface area (Å²) >= 11 is 0. The van der Waals surface area contributed by atoms with Crippen molar-refractivity contribution in [1.82, 2.24) is 5.01 Å². The van der Waals surface area contributed by atoms with E-state index in [2.05, 4.69) is 30.3 Å². The van der Waals surface area contributed by atoms with Gasteiger partial charge in [-0.2, -0.15) is 5.10 Å². The van der Waals surface area contributed by atoms with Crippen LogP contribution < -0.4 is 0 Å². The molecule has 0 spiro atoms. The van der Waals surface area contributed by atoms with Crippen molar-refractivity contribution in [1.29, 1.82) is 0 Å². The van der Waals surface area contributed by atoms with Crippen LogP contribution in [0.3, 0.4) is 0 Å². The molecule has 0 fully saturated rings. The number of rotatable bonds is 6. The van der Waals surface area contributed by atoms with E-state index in [9.17, 15) is 4.79 Å². The van der Waals surface area contributed by atoms with Crippen molar-refractivity contribution in [3.05, 3.63) is 89.6 Å². The maximum absolute atomic E-state index is 11.9. The van der Waals surface area contributed by atoms with Gasteiger partial charge in [-0.25, -0.2) is 4.79 Å². The lowest BCUT2D eigenvalue weighted by atomic mass is 10.0. The topological polar surface area (TPSA) is 41.9 Å². The Balaban J connectivity index is 1.86. The van der Waals surface area contributed by atoms with Gasteiger partial charge in [0.15, 0.2) is 0 Å². The molecule has 1 heterocycles. The molecule has 0 aromatic heterocycles. The molecule has 0 saturated heterocycles. The average Bonchev–Trinajstić information content (AvgIpc) is 3.12. The van der Waals surface area contributed by atoms with E-state index in [0.717, 1.165) is 23.4 Å². The van der Waals surface area contributed by atoms with Gasteiger partial charge in [0.2, 0.25) is 0 Å². The van der Waals surface area contributed by atoms with Crippen LogP contribution in [0.25, 0.3) is 6.08 Å². The number of carbonyl (C=O) groups excluding carboxylic acids is 1. The van der Waals surface area contributed by atoms with E-state index in [4.69, 9.17) is 9.84 Å². The number of allylic oxidation sites excluding steroid dienone is 2. The number of esters is 1. The van der Waals surface area contributed by atoms with Crippen molar-refractivity contribution in [2.45, 2.75) is 26.3 Å². The van der Waals surface area contributed by atoms with Gasteiger partial charge in [0.05, 0.1) is 18.4 Å². The third-order valence-corrected chi connectivity index (χ3v) is 4.36. The lowest BCUT2D eigenvalue weighted by Crippen LogP contribution is -2.18. The summed E-state index contributed by atoms with van der Waals surface area (Å²) in [4.78, 5) is 11.9. The monoisotopic (exact) mass is 360 g/mol. The van der Waals surface area contributed by atoms with Crippen LogP contribution in [0.5, 0.6) is 0 Å². The van der Waals surface area contributed by atoms with E-state index in [0.29, 0.717) is 6.61 Å². The molecule has 0 aliphatic carbocycles. The van der Waals surface area contributed by atoms with Gasteiger partial charge < -0.3 is 4.74 Å². The van der Waals surface area contributed by atoms with Crippen LogP contribution in [-0.2, 0) is 9.53 Å². The predicted molar refractivity (Wildman–Crippen MR) is 109 cm³/mol. The number of hydrogen-bond acceptors (Lipinski definition) is 4. The fraction of sp³-hybridized carbons (Fsp3) is 0.217. The summed E-state index contributed by atoms with van der Waals surface area (Å²) in [5, 5.41) is 6.67. The molecule has 0 saturated carbocycles. The van der Waals surface area contributed by atoms with Crippen LogP contribution in [-0.4, -0.2) is 23.3 Å². The third-order valence-electron chi connectivity index (χ3n) is 4.36. The van der Waals surface area contributed by atoms with Crippen LogP contribution in [0.15, 0.2) is 83.6 Å². The summed E-state index contributed by atoms with van der Waals surface area (Å²) in [6, 6.07) is 20.4. The van der Waals surface area contributed by atoms with Crippen molar-refractivity contribution < 1.29 is 9.53 Å². The van der Waals surface area contributed by atoms with Crippen LogP contribution in [0.4, 0.5) is 0 Å². The van der Waals surface area contributed by atoms with Crippen molar-refractivity contribution in [2.24, 2.45) is 5.10 Å². The third kappa shape index (κ3) is 4.94. The van der Waals surface area contributed by atoms with E-state index in [1.54, 1.807) is 6.92 Å². The number of benzene rings is 2. The summed E-state index contributed by atoms with van der Waals surface area (Å²) in [5.74, 6) is -0.342. The number of nitrogens with zero attached hydrogens (tertiary/aromatic N) is 2. The molecule has 3 rings (SSSR count). The summed E-state index contributed by atoms with van der Waals surface area (Å²) in [5.41, 5.74) is 4.05. The van der Waals surface area contributed by atoms with Crippen molar-refractivity contribution in [3.8, 4) is 0 Å². The molecule has 1 aliphatic heterocycles. The van der Waals surface area contributed by atoms with Crippen LogP contribution in [0.1, 0.15) is 37.4 Å². The molecular weight excluding hydrogens is 336 g/mol. The first-order valence-corrected chi connectivity index (χ1v) is 9.17. The highest BCUT2D eigenvalue weighted by atomic mass is 16.5. The van der Waals surface area contributed by atoms with E-state index in [1.807, 2.05) is 54.4 Å². The number of hydrogen-bond donors (Lipinski definition) is 0. The van der Waals surface area contributed by atoms with Gasteiger partial charge >= 0.3 is 5.97 Å². The quantitative estimate of drug-likeness (QED) is 0.539. The first-order chi connectivity index (χ1) is 13.2. The van der Waals surface area contributed by atoms with Gasteiger partial charge in [0.1, 0.15) is 0 Å². The van der Waals surface area contributed by atoms with Crippen molar-refractivity contribution in [2.75, 3.05) is 6.61 Å². The minimum atomic E-state index is -0.342. The molecule has 1 atom stereocenters. The molecule has 0 bridgehead atoms. The Bertz CT molecular complexity index is 854. The highest BCUT2D eigenvalue weighted by Crippen LogP contribution is 2.34. The van der Waals surface area contributed by atoms with Gasteiger partial charge in [-0.1, -0.05) is 66.7 Å². The fourth-order valence-electron chi connectivity index (χ4n) is 3.07. The second-order valence-electron chi connectivity index (χ2n) is 6.35. The second-order valence-corrected chi connectivity index (χ2v) is 6.35. The zero-order valence-electron chi connectivity index (χ0n) is 15.7. The van der Waals surface area contributed by atoms with Crippen molar-refractivity contribution in [3.63, 3.8) is 0 Å². The van der Waals surface area contributed by atoms with E-state index >= 15 is 0 Å². The molecule has 0 unspecified atom stereocenters. The minimum absolute atomic E-state index is 0.0623. The Morgan fingerprint density at radius 2 is 1.78 bits per heavy atom. The smallest absolute Gasteiger partial charge is 0.332 e. The fourth-order valence-corrected chi connectivity index (χ4v) is 3.07. The Hall–Kier alpha value is -3.14. The molecule has 4 nitrogen and oxygen atoms in total. The number of ether oxygens (including phenoxy) is 1. The van der Waals surface area contributed by atoms with Crippen LogP contribution in [0, 0.1) is 0 Å². The van der Waals surface area contributed by atoms with Crippen LogP contribution in [0.2, 0.25) is 0 Å². The molecule has 1 aliphatic rings. The molecular formula is C23H24N2O2. The van der Waals surface area contributed by atoms with Crippen LogP contribution >= 0.6 is 0 Å². The SMILES string of the molecule is CCOC(=O)/C=C(\C)N1N=C(/C=C/c2ccccc2)C[C@H]1c1ccccc1. The Kier molecular flexibility index (Phi) is 6.21. The second kappa shape index (κ2) is 8.99. The van der Waals surface area contributed by atoms with Gasteiger partial charge in [-0.3, -0.25) is 5.01 Å². The van der Waals surface area contributed by atoms with E-state index < -0.39 is 0 Å². The Morgan fingerprint density at radius 1 is 1.11 bits per heavy atom. The summed E-state index contributed by atoms with van der Waals surface area (Å²) in [6.45, 7) is 4.05. The van der Waals surface area contributed by atoms with Crippen molar-refractivity contribution >= 4 is 17.8 Å². The zero-order chi connectivity index (χ0) is 19.1. The Morgan fingerprint density at radius 3 is 2.44 bits per heavy atom. The Labute approximate surface area is 160 Å². The molecule has 138 valence electrons. The molecule has 0 amide bonds. The maximum Gasteiger partial charge on any atom is 0.332 e. The molecule has 2 aromatic carbocycles.